The molecule has 0 atom stereocenters. The quantitative estimate of drug-likeness (QED) is 0.423. The Kier molecular flexibility index (Phi) is 5.24. The van der Waals surface area contributed by atoms with Gasteiger partial charge in [0.2, 0.25) is 5.95 Å². The molecule has 37 heavy (non-hydrogen) atoms. The molecule has 3 aliphatic rings. The summed E-state index contributed by atoms with van der Waals surface area (Å²) >= 11 is 0. The number of morpholine rings is 1. The minimum Gasteiger partial charge on any atom is -0.372 e. The Morgan fingerprint density at radius 2 is 1.92 bits per heavy atom. The van der Waals surface area contributed by atoms with Gasteiger partial charge in [0.15, 0.2) is 5.65 Å². The van der Waals surface area contributed by atoms with Crippen LogP contribution in [0.4, 0.5) is 23.3 Å². The maximum Gasteiger partial charge on any atom is 0.229 e. The fourth-order valence-corrected chi connectivity index (χ4v) is 5.73. The lowest BCUT2D eigenvalue weighted by Gasteiger charge is -2.38. The smallest absolute Gasteiger partial charge is 0.229 e. The first-order valence-electron chi connectivity index (χ1n) is 13.1. The third-order valence-electron chi connectivity index (χ3n) is 7.51. The third-order valence-corrected chi connectivity index (χ3v) is 7.51. The first-order valence-corrected chi connectivity index (χ1v) is 13.1. The Morgan fingerprint density at radius 1 is 0.973 bits per heavy atom. The minimum atomic E-state index is -0.239. The number of anilines is 4. The summed E-state index contributed by atoms with van der Waals surface area (Å²) in [5, 5.41) is 5.45. The zero-order valence-corrected chi connectivity index (χ0v) is 21.3. The molecule has 7 rings (SSSR count). The molecule has 0 N–H and O–H groups in total. The van der Waals surface area contributed by atoms with Gasteiger partial charge in [0.1, 0.15) is 11.6 Å². The zero-order valence-electron chi connectivity index (χ0n) is 21.3. The van der Waals surface area contributed by atoms with Crippen LogP contribution < -0.4 is 14.7 Å². The van der Waals surface area contributed by atoms with Crippen molar-refractivity contribution in [2.24, 2.45) is 0 Å². The van der Waals surface area contributed by atoms with E-state index in [1.165, 1.54) is 5.56 Å². The van der Waals surface area contributed by atoms with Crippen molar-refractivity contribution < 1.29 is 4.74 Å². The first-order chi connectivity index (χ1) is 18.0. The molecule has 1 saturated heterocycles. The molecular formula is C27H31N9O. The highest BCUT2D eigenvalue weighted by atomic mass is 16.5. The Balaban J connectivity index is 1.24. The molecule has 3 aliphatic heterocycles. The van der Waals surface area contributed by atoms with Crippen LogP contribution in [0.3, 0.4) is 0 Å². The van der Waals surface area contributed by atoms with E-state index in [1.807, 2.05) is 18.5 Å². The lowest BCUT2D eigenvalue weighted by Crippen LogP contribution is -2.49. The van der Waals surface area contributed by atoms with E-state index in [-0.39, 0.29) is 5.60 Å². The van der Waals surface area contributed by atoms with Crippen molar-refractivity contribution in [1.82, 2.24) is 29.7 Å². The van der Waals surface area contributed by atoms with Gasteiger partial charge in [0.05, 0.1) is 35.7 Å². The lowest BCUT2D eigenvalue weighted by molar-refractivity contribution is -0.0281. The Bertz CT molecular complexity index is 1470. The fourth-order valence-electron chi connectivity index (χ4n) is 5.73. The van der Waals surface area contributed by atoms with Crippen LogP contribution >= 0.6 is 0 Å². The van der Waals surface area contributed by atoms with Crippen LogP contribution in [0, 0.1) is 0 Å². The zero-order chi connectivity index (χ0) is 25.0. The summed E-state index contributed by atoms with van der Waals surface area (Å²) in [6, 6.07) is 8.41. The van der Waals surface area contributed by atoms with E-state index in [0.717, 1.165) is 92.1 Å². The largest absolute Gasteiger partial charge is 0.372 e. The van der Waals surface area contributed by atoms with E-state index in [0.29, 0.717) is 6.61 Å². The predicted molar refractivity (Wildman–Crippen MR) is 142 cm³/mol. The average Bonchev–Trinajstić information content (AvgIpc) is 3.40. The van der Waals surface area contributed by atoms with Crippen LogP contribution in [-0.4, -0.2) is 68.1 Å². The Labute approximate surface area is 215 Å². The number of hydrogen-bond acceptors (Lipinski definition) is 9. The van der Waals surface area contributed by atoms with E-state index in [4.69, 9.17) is 19.7 Å². The number of ether oxygens (including phenoxy) is 1. The molecule has 0 aromatic carbocycles. The highest BCUT2D eigenvalue weighted by Crippen LogP contribution is 2.34. The second-order valence-corrected chi connectivity index (χ2v) is 10.6. The van der Waals surface area contributed by atoms with Crippen LogP contribution in [0.2, 0.25) is 0 Å². The molecule has 190 valence electrons. The summed E-state index contributed by atoms with van der Waals surface area (Å²) in [6.45, 7) is 9.93. The molecule has 10 nitrogen and oxygen atoms in total. The van der Waals surface area contributed by atoms with Gasteiger partial charge >= 0.3 is 0 Å². The minimum absolute atomic E-state index is 0.239. The maximum absolute atomic E-state index is 5.93. The molecule has 0 bridgehead atoms. The lowest BCUT2D eigenvalue weighted by atomic mass is 10.0. The molecule has 1 fully saturated rings. The summed E-state index contributed by atoms with van der Waals surface area (Å²) in [7, 11) is 0. The number of hydrogen-bond donors (Lipinski definition) is 0. The van der Waals surface area contributed by atoms with Crippen LogP contribution in [0.5, 0.6) is 0 Å². The van der Waals surface area contributed by atoms with Gasteiger partial charge in [0.25, 0.3) is 0 Å². The summed E-state index contributed by atoms with van der Waals surface area (Å²) in [5.41, 5.74) is 4.01. The summed E-state index contributed by atoms with van der Waals surface area (Å²) in [6.07, 6.45) is 7.64. The monoisotopic (exact) mass is 497 g/mol. The number of nitrogens with zero attached hydrogens (tertiary/aromatic N) is 9. The molecule has 4 aromatic heterocycles. The van der Waals surface area contributed by atoms with Crippen LogP contribution in [-0.2, 0) is 24.2 Å². The van der Waals surface area contributed by atoms with Crippen LogP contribution in [0.15, 0.2) is 42.9 Å². The highest BCUT2D eigenvalue weighted by molar-refractivity contribution is 5.88. The van der Waals surface area contributed by atoms with Crippen molar-refractivity contribution in [3.05, 3.63) is 54.1 Å². The predicted octanol–water partition coefficient (Wildman–Crippen LogP) is 3.34. The van der Waals surface area contributed by atoms with Crippen molar-refractivity contribution in [1.29, 1.82) is 0 Å². The van der Waals surface area contributed by atoms with E-state index >= 15 is 0 Å². The molecule has 0 unspecified atom stereocenters. The fraction of sp³-hybridized carbons (Fsp3) is 0.444. The summed E-state index contributed by atoms with van der Waals surface area (Å²) in [4.78, 5) is 26.4. The van der Waals surface area contributed by atoms with Crippen molar-refractivity contribution in [2.75, 3.05) is 47.5 Å². The average molecular weight is 498 g/mol. The molecule has 10 heteroatoms. The summed E-state index contributed by atoms with van der Waals surface area (Å²) in [5.74, 6) is 2.79. The van der Waals surface area contributed by atoms with Crippen molar-refractivity contribution in [3.8, 4) is 0 Å². The highest BCUT2D eigenvalue weighted by Gasteiger charge is 2.30. The number of aromatic nitrogens is 6. The van der Waals surface area contributed by atoms with E-state index < -0.39 is 0 Å². The third kappa shape index (κ3) is 4.05. The number of aryl methyl sites for hydroxylation is 1. The first kappa shape index (κ1) is 22.4. The topological polar surface area (TPSA) is 88.3 Å². The van der Waals surface area contributed by atoms with Gasteiger partial charge in [0, 0.05) is 63.6 Å². The normalized spacial score (nSPS) is 19.1. The van der Waals surface area contributed by atoms with Gasteiger partial charge in [-0.2, -0.15) is 15.1 Å². The molecule has 7 heterocycles. The number of rotatable bonds is 3. The van der Waals surface area contributed by atoms with Crippen molar-refractivity contribution in [3.63, 3.8) is 0 Å². The van der Waals surface area contributed by atoms with Gasteiger partial charge in [-0.25, -0.2) is 9.67 Å². The van der Waals surface area contributed by atoms with Crippen LogP contribution in [0.1, 0.15) is 31.5 Å². The standard InChI is InChI=1S/C27H31N9O/c1-27(2)18-34(13-14-37-27)26-31-24-21(5-3-8-28-24)25(32-26)33-12-7-22-19(17-33)15-20(16-29-22)35-10-4-11-36-23(35)6-9-30-36/h3,5-6,8-9,15-16H,4,7,10-14,17-18H2,1-2H3. The van der Waals surface area contributed by atoms with Crippen LogP contribution in [0.25, 0.3) is 11.0 Å². The van der Waals surface area contributed by atoms with Gasteiger partial charge in [-0.1, -0.05) is 0 Å². The molecule has 4 aromatic rings. The molecule has 0 radical (unpaired) electrons. The van der Waals surface area contributed by atoms with Gasteiger partial charge in [-0.05, 0) is 44.0 Å². The Morgan fingerprint density at radius 3 is 2.84 bits per heavy atom. The molecular weight excluding hydrogens is 466 g/mol. The van der Waals surface area contributed by atoms with Crippen molar-refractivity contribution in [2.45, 2.75) is 45.4 Å². The van der Waals surface area contributed by atoms with E-state index in [1.54, 1.807) is 6.20 Å². The molecule has 0 amide bonds. The maximum atomic E-state index is 5.93. The van der Waals surface area contributed by atoms with Gasteiger partial charge in [-0.3, -0.25) is 4.98 Å². The SMILES string of the molecule is CC1(C)CN(c2nc(N3CCc4ncc(N5CCCn6nccc65)cc4C3)c3cccnc3n2)CCO1. The second-order valence-electron chi connectivity index (χ2n) is 10.6. The molecule has 0 spiro atoms. The molecule has 0 aliphatic carbocycles. The molecule has 0 saturated carbocycles. The van der Waals surface area contributed by atoms with Gasteiger partial charge < -0.3 is 19.4 Å². The number of fused-ring (bicyclic) bond motifs is 3. The second kappa shape index (κ2) is 8.65. The van der Waals surface area contributed by atoms with E-state index in [9.17, 15) is 0 Å². The van der Waals surface area contributed by atoms with Gasteiger partial charge in [-0.15, -0.1) is 0 Å². The van der Waals surface area contributed by atoms with Crippen molar-refractivity contribution >= 4 is 34.3 Å². The number of pyridine rings is 2. The Hall–Kier alpha value is -3.79. The summed E-state index contributed by atoms with van der Waals surface area (Å²) < 4.78 is 8.00. The van der Waals surface area contributed by atoms with E-state index in [2.05, 4.69) is 61.5 Å².